The van der Waals surface area contributed by atoms with Crippen LogP contribution in [0.25, 0.3) is 0 Å². The summed E-state index contributed by atoms with van der Waals surface area (Å²) in [7, 11) is 0. The van der Waals surface area contributed by atoms with Crippen LogP contribution in [0.1, 0.15) is 32.8 Å². The average molecular weight is 462 g/mol. The summed E-state index contributed by atoms with van der Waals surface area (Å²) in [6.45, 7) is 5.37. The number of ether oxygens (including phenoxy) is 4. The molecular formula is C22H33F2NO7. The number of carboxylic acid groups (broad SMARTS) is 1. The molecule has 8 nitrogen and oxygen atoms in total. The zero-order chi connectivity index (χ0) is 24.0. The Morgan fingerprint density at radius 2 is 1.72 bits per heavy atom. The van der Waals surface area contributed by atoms with E-state index >= 15 is 0 Å². The summed E-state index contributed by atoms with van der Waals surface area (Å²) in [6.07, 6.45) is -1.59. The first-order valence-corrected chi connectivity index (χ1v) is 10.6. The van der Waals surface area contributed by atoms with E-state index in [1.165, 1.54) is 4.90 Å². The summed E-state index contributed by atoms with van der Waals surface area (Å²) >= 11 is 0. The molecule has 0 aliphatic rings. The maximum Gasteiger partial charge on any atom is 0.409 e. The summed E-state index contributed by atoms with van der Waals surface area (Å²) in [5.74, 6) is -3.25. The average Bonchev–Trinajstić information content (AvgIpc) is 2.72. The first-order chi connectivity index (χ1) is 15.2. The van der Waals surface area contributed by atoms with Gasteiger partial charge in [0, 0.05) is 26.0 Å². The zero-order valence-electron chi connectivity index (χ0n) is 18.9. The summed E-state index contributed by atoms with van der Waals surface area (Å²) in [5.41, 5.74) is 0.793. The highest BCUT2D eigenvalue weighted by Crippen LogP contribution is 2.16. The van der Waals surface area contributed by atoms with Crippen molar-refractivity contribution in [1.29, 1.82) is 0 Å². The largest absolute Gasteiger partial charge is 0.492 e. The van der Waals surface area contributed by atoms with Crippen LogP contribution in [0, 0.1) is 0 Å². The van der Waals surface area contributed by atoms with Crippen LogP contribution in [-0.2, 0) is 25.4 Å². The molecule has 1 aromatic carbocycles. The van der Waals surface area contributed by atoms with E-state index in [1.807, 2.05) is 0 Å². The van der Waals surface area contributed by atoms with E-state index in [0.29, 0.717) is 12.4 Å². The molecule has 0 aliphatic carbocycles. The molecule has 0 bridgehead atoms. The van der Waals surface area contributed by atoms with E-state index in [0.717, 1.165) is 12.5 Å². The van der Waals surface area contributed by atoms with Crippen molar-refractivity contribution in [2.75, 3.05) is 46.1 Å². The Hall–Kier alpha value is -2.46. The van der Waals surface area contributed by atoms with Crippen LogP contribution in [0.2, 0.25) is 0 Å². The number of nitrogens with zero attached hydrogens (tertiary/aromatic N) is 1. The first kappa shape index (κ1) is 27.6. The van der Waals surface area contributed by atoms with Gasteiger partial charge in [-0.15, -0.1) is 0 Å². The Labute approximate surface area is 187 Å². The Bertz CT molecular complexity index is 680. The topological polar surface area (TPSA) is 94.5 Å². The van der Waals surface area contributed by atoms with Gasteiger partial charge in [0.15, 0.2) is 6.10 Å². The normalized spacial score (nSPS) is 12.3. The van der Waals surface area contributed by atoms with Crippen LogP contribution in [0.3, 0.4) is 0 Å². The molecule has 0 fully saturated rings. The van der Waals surface area contributed by atoms with Gasteiger partial charge in [-0.25, -0.2) is 18.4 Å². The Morgan fingerprint density at radius 1 is 1.06 bits per heavy atom. The van der Waals surface area contributed by atoms with Crippen LogP contribution in [0.4, 0.5) is 13.6 Å². The van der Waals surface area contributed by atoms with Crippen LogP contribution < -0.4 is 4.74 Å². The predicted molar refractivity (Wildman–Crippen MR) is 113 cm³/mol. The molecule has 0 radical (unpaired) electrons. The molecule has 1 N–H and O–H groups in total. The van der Waals surface area contributed by atoms with E-state index < -0.39 is 24.1 Å². The predicted octanol–water partition coefficient (Wildman–Crippen LogP) is 3.62. The minimum absolute atomic E-state index is 0.102. The lowest BCUT2D eigenvalue weighted by atomic mass is 10.1. The van der Waals surface area contributed by atoms with Gasteiger partial charge in [0.2, 0.25) is 5.92 Å². The van der Waals surface area contributed by atoms with Crippen molar-refractivity contribution in [2.45, 2.75) is 45.6 Å². The van der Waals surface area contributed by atoms with Crippen molar-refractivity contribution >= 4 is 12.1 Å². The van der Waals surface area contributed by atoms with Gasteiger partial charge in [-0.05, 0) is 38.5 Å². The molecule has 0 heterocycles. The molecule has 1 unspecified atom stereocenters. The molecule has 0 aliphatic heterocycles. The molecular weight excluding hydrogens is 428 g/mol. The minimum atomic E-state index is -2.79. The lowest BCUT2D eigenvalue weighted by molar-refractivity contribution is -0.149. The number of amides is 1. The Balaban J connectivity index is 2.49. The third kappa shape index (κ3) is 11.8. The van der Waals surface area contributed by atoms with E-state index in [4.69, 9.17) is 24.1 Å². The van der Waals surface area contributed by atoms with Gasteiger partial charge >= 0.3 is 12.1 Å². The lowest BCUT2D eigenvalue weighted by Gasteiger charge is -2.22. The van der Waals surface area contributed by atoms with E-state index in [9.17, 15) is 18.4 Å². The summed E-state index contributed by atoms with van der Waals surface area (Å²) < 4.78 is 46.7. The van der Waals surface area contributed by atoms with Crippen molar-refractivity contribution in [3.8, 4) is 5.75 Å². The Morgan fingerprint density at radius 3 is 2.28 bits per heavy atom. The fraction of sp³-hybridized carbons (Fsp3) is 0.636. The highest BCUT2D eigenvalue weighted by atomic mass is 19.3. The highest BCUT2D eigenvalue weighted by molar-refractivity contribution is 5.72. The third-order valence-electron chi connectivity index (χ3n) is 4.33. The highest BCUT2D eigenvalue weighted by Gasteiger charge is 2.21. The van der Waals surface area contributed by atoms with Gasteiger partial charge in [0.1, 0.15) is 12.4 Å². The van der Waals surface area contributed by atoms with Crippen molar-refractivity contribution in [1.82, 2.24) is 4.90 Å². The second-order valence-corrected chi connectivity index (χ2v) is 7.10. The van der Waals surface area contributed by atoms with E-state index in [1.54, 1.807) is 38.1 Å². The van der Waals surface area contributed by atoms with Crippen LogP contribution in [0.5, 0.6) is 5.75 Å². The third-order valence-corrected chi connectivity index (χ3v) is 4.33. The SMILES string of the molecule is CCOC(=O)N(CCOCCC(C)(F)F)CCOc1ccc(CC(OCC)C(=O)O)cc1. The maximum atomic E-state index is 12.8. The van der Waals surface area contributed by atoms with Crippen LogP contribution in [-0.4, -0.2) is 80.2 Å². The number of carboxylic acids is 1. The fourth-order valence-corrected chi connectivity index (χ4v) is 2.67. The van der Waals surface area contributed by atoms with Gasteiger partial charge in [-0.3, -0.25) is 0 Å². The summed E-state index contributed by atoms with van der Waals surface area (Å²) in [6, 6.07) is 6.93. The molecule has 1 rings (SSSR count). The second kappa shape index (κ2) is 14.6. The maximum absolute atomic E-state index is 12.8. The number of hydrogen-bond donors (Lipinski definition) is 1. The smallest absolute Gasteiger partial charge is 0.409 e. The van der Waals surface area contributed by atoms with Gasteiger partial charge < -0.3 is 29.0 Å². The molecule has 10 heteroatoms. The van der Waals surface area contributed by atoms with Crippen molar-refractivity contribution < 1.29 is 42.4 Å². The quantitative estimate of drug-likeness (QED) is 0.376. The first-order valence-electron chi connectivity index (χ1n) is 10.6. The van der Waals surface area contributed by atoms with Crippen molar-refractivity contribution in [3.05, 3.63) is 29.8 Å². The number of alkyl halides is 2. The van der Waals surface area contributed by atoms with Gasteiger partial charge in [0.25, 0.3) is 0 Å². The molecule has 0 aromatic heterocycles. The number of carbonyl (C=O) groups excluding carboxylic acids is 1. The monoisotopic (exact) mass is 461 g/mol. The molecule has 0 spiro atoms. The molecule has 1 amide bonds. The molecule has 1 aromatic rings. The van der Waals surface area contributed by atoms with Gasteiger partial charge in [-0.1, -0.05) is 12.1 Å². The number of halogens is 2. The molecule has 32 heavy (non-hydrogen) atoms. The number of carbonyl (C=O) groups is 2. The lowest BCUT2D eigenvalue weighted by Crippen LogP contribution is -2.37. The summed E-state index contributed by atoms with van der Waals surface area (Å²) in [4.78, 5) is 24.7. The van der Waals surface area contributed by atoms with E-state index in [-0.39, 0.29) is 52.4 Å². The number of hydrogen-bond acceptors (Lipinski definition) is 6. The number of aliphatic carboxylic acids is 1. The standard InChI is InChI=1S/C22H33F2NO7/c1-4-30-19(20(26)27)16-17-6-8-18(9-7-17)32-15-12-25(21(28)31-5-2)11-14-29-13-10-22(3,23)24/h6-9,19H,4-5,10-16H2,1-3H3,(H,26,27). The fourth-order valence-electron chi connectivity index (χ4n) is 2.67. The summed E-state index contributed by atoms with van der Waals surface area (Å²) in [5, 5.41) is 9.16. The molecule has 0 saturated carbocycles. The minimum Gasteiger partial charge on any atom is -0.492 e. The molecule has 0 saturated heterocycles. The van der Waals surface area contributed by atoms with Crippen molar-refractivity contribution in [2.24, 2.45) is 0 Å². The molecule has 1 atom stereocenters. The van der Waals surface area contributed by atoms with E-state index in [2.05, 4.69) is 0 Å². The number of benzene rings is 1. The second-order valence-electron chi connectivity index (χ2n) is 7.10. The molecule has 182 valence electrons. The van der Waals surface area contributed by atoms with Crippen molar-refractivity contribution in [3.63, 3.8) is 0 Å². The van der Waals surface area contributed by atoms with Crippen LogP contribution in [0.15, 0.2) is 24.3 Å². The van der Waals surface area contributed by atoms with Gasteiger partial charge in [-0.2, -0.15) is 0 Å². The Kier molecular flexibility index (Phi) is 12.6. The van der Waals surface area contributed by atoms with Crippen LogP contribution >= 0.6 is 0 Å². The zero-order valence-corrected chi connectivity index (χ0v) is 18.9. The number of rotatable bonds is 16. The van der Waals surface area contributed by atoms with Gasteiger partial charge in [0.05, 0.1) is 26.4 Å².